The van der Waals surface area contributed by atoms with Crippen molar-refractivity contribution >= 4 is 27.3 Å². The van der Waals surface area contributed by atoms with Gasteiger partial charge in [-0.3, -0.25) is 14.2 Å². The second-order valence-corrected chi connectivity index (χ2v) is 9.29. The van der Waals surface area contributed by atoms with Crippen LogP contribution >= 0.6 is 11.3 Å². The summed E-state index contributed by atoms with van der Waals surface area (Å²) in [5.41, 5.74) is 0.739. The summed E-state index contributed by atoms with van der Waals surface area (Å²) in [6, 6.07) is 4.45. The summed E-state index contributed by atoms with van der Waals surface area (Å²) in [6.07, 6.45) is 0. The number of methoxy groups -OCH3 is 2. The molecule has 0 spiro atoms. The SMILES string of the molecule is COc1ccc(S(=O)(=O)N2CCN(C(=O)Cn3c(C)csc3=O)CC2)cc1OC. The molecule has 0 unspecified atom stereocenters. The van der Waals surface area contributed by atoms with Crippen molar-refractivity contribution in [3.8, 4) is 11.5 Å². The van der Waals surface area contributed by atoms with Crippen LogP contribution in [0.4, 0.5) is 0 Å². The minimum Gasteiger partial charge on any atom is -0.493 e. The van der Waals surface area contributed by atoms with Crippen molar-refractivity contribution in [1.29, 1.82) is 0 Å². The number of thiazole rings is 1. The third-order valence-electron chi connectivity index (χ3n) is 4.85. The molecule has 1 aromatic heterocycles. The summed E-state index contributed by atoms with van der Waals surface area (Å²) in [6.45, 7) is 2.64. The largest absolute Gasteiger partial charge is 0.493 e. The molecule has 0 aliphatic carbocycles. The molecule has 0 bridgehead atoms. The molecule has 1 aliphatic heterocycles. The van der Waals surface area contributed by atoms with E-state index in [0.717, 1.165) is 17.0 Å². The first-order chi connectivity index (χ1) is 13.8. The van der Waals surface area contributed by atoms with E-state index in [2.05, 4.69) is 0 Å². The van der Waals surface area contributed by atoms with Crippen LogP contribution in [0.3, 0.4) is 0 Å². The molecule has 2 aromatic rings. The Labute approximate surface area is 173 Å². The number of aromatic nitrogens is 1. The Morgan fingerprint density at radius 1 is 1.10 bits per heavy atom. The van der Waals surface area contributed by atoms with Gasteiger partial charge in [-0.25, -0.2) is 8.42 Å². The summed E-state index contributed by atoms with van der Waals surface area (Å²) >= 11 is 1.06. The molecule has 1 saturated heterocycles. The van der Waals surface area contributed by atoms with Gasteiger partial charge in [0.05, 0.1) is 19.1 Å². The molecule has 1 aliphatic rings. The minimum atomic E-state index is -3.73. The van der Waals surface area contributed by atoms with Gasteiger partial charge in [-0.15, -0.1) is 0 Å². The second-order valence-electron chi connectivity index (χ2n) is 6.53. The smallest absolute Gasteiger partial charge is 0.307 e. The average Bonchev–Trinajstić information content (AvgIpc) is 3.05. The van der Waals surface area contributed by atoms with Gasteiger partial charge in [-0.1, -0.05) is 11.3 Å². The van der Waals surface area contributed by atoms with Gasteiger partial charge in [-0.05, 0) is 19.1 Å². The number of ether oxygens (including phenoxy) is 2. The molecule has 1 amide bonds. The number of aryl methyl sites for hydroxylation is 1. The van der Waals surface area contributed by atoms with Crippen molar-refractivity contribution in [2.24, 2.45) is 0 Å². The van der Waals surface area contributed by atoms with Crippen molar-refractivity contribution in [3.63, 3.8) is 0 Å². The summed E-state index contributed by atoms with van der Waals surface area (Å²) in [5, 5.41) is 1.71. The van der Waals surface area contributed by atoms with Crippen LogP contribution in [0.25, 0.3) is 0 Å². The fourth-order valence-electron chi connectivity index (χ4n) is 3.14. The first kappa shape index (κ1) is 21.3. The number of hydrogen-bond acceptors (Lipinski definition) is 7. The molecule has 29 heavy (non-hydrogen) atoms. The molecule has 0 N–H and O–H groups in total. The van der Waals surface area contributed by atoms with Gasteiger partial charge in [0.1, 0.15) is 6.54 Å². The monoisotopic (exact) mass is 441 g/mol. The topological polar surface area (TPSA) is 98.2 Å². The first-order valence-corrected chi connectivity index (χ1v) is 11.2. The molecular weight excluding hydrogens is 418 g/mol. The van der Waals surface area contributed by atoms with Gasteiger partial charge >= 0.3 is 4.87 Å². The van der Waals surface area contributed by atoms with E-state index in [1.165, 1.54) is 35.2 Å². The highest BCUT2D eigenvalue weighted by Gasteiger charge is 2.31. The molecule has 9 nitrogen and oxygen atoms in total. The number of sulfonamides is 1. The van der Waals surface area contributed by atoms with E-state index in [9.17, 15) is 18.0 Å². The van der Waals surface area contributed by atoms with Crippen LogP contribution < -0.4 is 14.3 Å². The molecular formula is C18H23N3O6S2. The lowest BCUT2D eigenvalue weighted by molar-refractivity contribution is -0.133. The van der Waals surface area contributed by atoms with Gasteiger partial charge in [0.15, 0.2) is 11.5 Å². The van der Waals surface area contributed by atoms with Gasteiger partial charge in [0, 0.05) is 43.3 Å². The normalized spacial score (nSPS) is 15.3. The zero-order valence-electron chi connectivity index (χ0n) is 16.5. The molecule has 158 valence electrons. The van der Waals surface area contributed by atoms with Crippen LogP contribution in [-0.4, -0.2) is 68.5 Å². The predicted molar refractivity (Wildman–Crippen MR) is 108 cm³/mol. The van der Waals surface area contributed by atoms with Gasteiger partial charge in [0.25, 0.3) is 0 Å². The minimum absolute atomic E-state index is 0.0312. The van der Waals surface area contributed by atoms with Crippen molar-refractivity contribution in [1.82, 2.24) is 13.8 Å². The number of hydrogen-bond donors (Lipinski definition) is 0. The van der Waals surface area contributed by atoms with Gasteiger partial charge in [0.2, 0.25) is 15.9 Å². The van der Waals surface area contributed by atoms with E-state index in [1.54, 1.807) is 23.3 Å². The number of piperazine rings is 1. The predicted octanol–water partition coefficient (Wildman–Crippen LogP) is 0.769. The fourth-order valence-corrected chi connectivity index (χ4v) is 5.31. The maximum absolute atomic E-state index is 13.0. The van der Waals surface area contributed by atoms with Crippen molar-refractivity contribution in [2.75, 3.05) is 40.4 Å². The molecule has 0 saturated carbocycles. The lowest BCUT2D eigenvalue weighted by Gasteiger charge is -2.34. The van der Waals surface area contributed by atoms with Crippen molar-refractivity contribution in [2.45, 2.75) is 18.4 Å². The zero-order chi connectivity index (χ0) is 21.2. The number of carbonyl (C=O) groups is 1. The average molecular weight is 442 g/mol. The number of nitrogens with zero attached hydrogens (tertiary/aromatic N) is 3. The lowest BCUT2D eigenvalue weighted by Crippen LogP contribution is -2.51. The molecule has 1 fully saturated rings. The quantitative estimate of drug-likeness (QED) is 0.657. The highest BCUT2D eigenvalue weighted by Crippen LogP contribution is 2.30. The van der Waals surface area contributed by atoms with Gasteiger partial charge < -0.3 is 14.4 Å². The first-order valence-electron chi connectivity index (χ1n) is 8.93. The van der Waals surface area contributed by atoms with E-state index >= 15 is 0 Å². The number of benzene rings is 1. The lowest BCUT2D eigenvalue weighted by atomic mass is 10.3. The number of amides is 1. The fraction of sp³-hybridized carbons (Fsp3) is 0.444. The molecule has 1 aromatic carbocycles. The maximum atomic E-state index is 13.0. The molecule has 0 radical (unpaired) electrons. The third kappa shape index (κ3) is 4.31. The Bertz CT molecular complexity index is 1050. The van der Waals surface area contributed by atoms with E-state index in [0.29, 0.717) is 11.5 Å². The zero-order valence-corrected chi connectivity index (χ0v) is 18.1. The van der Waals surface area contributed by atoms with Crippen LogP contribution in [0, 0.1) is 6.92 Å². The molecule has 11 heteroatoms. The summed E-state index contributed by atoms with van der Waals surface area (Å²) in [4.78, 5) is 25.8. The van der Waals surface area contributed by atoms with Crippen LogP contribution in [0.1, 0.15) is 5.69 Å². The van der Waals surface area contributed by atoms with Crippen molar-refractivity contribution in [3.05, 3.63) is 38.9 Å². The number of rotatable bonds is 6. The summed E-state index contributed by atoms with van der Waals surface area (Å²) in [7, 11) is -0.802. The third-order valence-corrected chi connectivity index (χ3v) is 7.63. The summed E-state index contributed by atoms with van der Waals surface area (Å²) in [5.74, 6) is 0.580. The Balaban J connectivity index is 1.68. The Morgan fingerprint density at radius 3 is 2.31 bits per heavy atom. The van der Waals surface area contributed by atoms with Crippen LogP contribution in [0.2, 0.25) is 0 Å². The Kier molecular flexibility index (Phi) is 6.30. The highest BCUT2D eigenvalue weighted by atomic mass is 32.2. The molecule has 0 atom stereocenters. The molecule has 2 heterocycles. The van der Waals surface area contributed by atoms with Gasteiger partial charge in [-0.2, -0.15) is 4.31 Å². The van der Waals surface area contributed by atoms with E-state index < -0.39 is 10.0 Å². The van der Waals surface area contributed by atoms with E-state index in [1.807, 2.05) is 0 Å². The van der Waals surface area contributed by atoms with E-state index in [-0.39, 0.29) is 48.4 Å². The standard InChI is InChI=1S/C18H23N3O6S2/c1-13-12-28-18(23)21(13)11-17(22)19-6-8-20(9-7-19)29(24,25)14-4-5-15(26-2)16(10-14)27-3/h4-5,10,12H,6-9,11H2,1-3H3. The second kappa shape index (κ2) is 8.56. The van der Waals surface area contributed by atoms with E-state index in [4.69, 9.17) is 9.47 Å². The maximum Gasteiger partial charge on any atom is 0.307 e. The summed E-state index contributed by atoms with van der Waals surface area (Å²) < 4.78 is 39.0. The molecule has 3 rings (SSSR count). The Morgan fingerprint density at radius 2 is 1.76 bits per heavy atom. The number of carbonyl (C=O) groups excluding carboxylic acids is 1. The Hall–Kier alpha value is -2.37. The van der Waals surface area contributed by atoms with Crippen LogP contribution in [-0.2, 0) is 21.4 Å². The van der Waals surface area contributed by atoms with Crippen molar-refractivity contribution < 1.29 is 22.7 Å². The highest BCUT2D eigenvalue weighted by molar-refractivity contribution is 7.89. The van der Waals surface area contributed by atoms with Crippen LogP contribution in [0.5, 0.6) is 11.5 Å². The van der Waals surface area contributed by atoms with Crippen LogP contribution in [0.15, 0.2) is 33.3 Å².